The van der Waals surface area contributed by atoms with Crippen molar-refractivity contribution in [1.29, 1.82) is 0 Å². The lowest BCUT2D eigenvalue weighted by Gasteiger charge is -2.22. The summed E-state index contributed by atoms with van der Waals surface area (Å²) in [5.41, 5.74) is 10.7. The highest BCUT2D eigenvalue weighted by Gasteiger charge is 2.19. The van der Waals surface area contributed by atoms with E-state index in [-0.39, 0.29) is 0 Å². The lowest BCUT2D eigenvalue weighted by atomic mass is 9.82. The molecule has 0 amide bonds. The summed E-state index contributed by atoms with van der Waals surface area (Å²) in [7, 11) is 0. The van der Waals surface area contributed by atoms with Gasteiger partial charge in [-0.15, -0.1) is 0 Å². The molecule has 0 heteroatoms. The molecule has 3 aromatic carbocycles. The van der Waals surface area contributed by atoms with Gasteiger partial charge in [0, 0.05) is 0 Å². The molecule has 4 rings (SSSR count). The minimum absolute atomic E-state index is 1.09. The lowest BCUT2D eigenvalue weighted by Crippen LogP contribution is -2.01. The Labute approximate surface area is 174 Å². The molecule has 0 spiro atoms. The molecule has 0 fully saturated rings. The van der Waals surface area contributed by atoms with Crippen LogP contribution in [0, 0.1) is 6.92 Å². The summed E-state index contributed by atoms with van der Waals surface area (Å²) in [6, 6.07) is 30.6. The van der Waals surface area contributed by atoms with Gasteiger partial charge in [-0.05, 0) is 59.6 Å². The van der Waals surface area contributed by atoms with E-state index in [1.54, 1.807) is 0 Å². The van der Waals surface area contributed by atoms with E-state index in [1.807, 2.05) is 0 Å². The maximum atomic E-state index is 2.35. The second-order valence-electron chi connectivity index (χ2n) is 7.72. The first-order chi connectivity index (χ1) is 14.3. The molecule has 144 valence electrons. The van der Waals surface area contributed by atoms with Gasteiger partial charge in [-0.3, -0.25) is 0 Å². The van der Waals surface area contributed by atoms with E-state index in [1.165, 1.54) is 44.5 Å². The molecular formula is C29H28. The number of benzene rings is 3. The van der Waals surface area contributed by atoms with Gasteiger partial charge in [-0.1, -0.05) is 115 Å². The second kappa shape index (κ2) is 8.92. The van der Waals surface area contributed by atoms with E-state index in [0.717, 1.165) is 19.3 Å². The predicted molar refractivity (Wildman–Crippen MR) is 126 cm³/mol. The van der Waals surface area contributed by atoms with Crippen LogP contribution >= 0.6 is 0 Å². The van der Waals surface area contributed by atoms with Gasteiger partial charge in [0.2, 0.25) is 0 Å². The number of aryl methyl sites for hydroxylation is 1. The fourth-order valence-electron chi connectivity index (χ4n) is 4.06. The van der Waals surface area contributed by atoms with E-state index in [2.05, 4.69) is 111 Å². The first kappa shape index (κ1) is 19.2. The van der Waals surface area contributed by atoms with Crippen molar-refractivity contribution < 1.29 is 0 Å². The number of hydrogen-bond acceptors (Lipinski definition) is 0. The zero-order chi connectivity index (χ0) is 20.1. The molecule has 0 saturated carbocycles. The van der Waals surface area contributed by atoms with Crippen molar-refractivity contribution in [2.75, 3.05) is 0 Å². The van der Waals surface area contributed by atoms with E-state index < -0.39 is 0 Å². The minimum Gasteiger partial charge on any atom is -0.0701 e. The highest BCUT2D eigenvalue weighted by molar-refractivity contribution is 6.04. The van der Waals surface area contributed by atoms with E-state index in [4.69, 9.17) is 0 Å². The zero-order valence-electron chi connectivity index (χ0n) is 17.4. The highest BCUT2D eigenvalue weighted by Crippen LogP contribution is 2.40. The van der Waals surface area contributed by atoms with Gasteiger partial charge in [-0.2, -0.15) is 0 Å². The van der Waals surface area contributed by atoms with Crippen molar-refractivity contribution in [3.63, 3.8) is 0 Å². The summed E-state index contributed by atoms with van der Waals surface area (Å²) in [5.74, 6) is 0. The maximum absolute atomic E-state index is 2.35. The molecule has 0 unspecified atom stereocenters. The monoisotopic (exact) mass is 376 g/mol. The summed E-state index contributed by atoms with van der Waals surface area (Å²) >= 11 is 0. The quantitative estimate of drug-likeness (QED) is 0.396. The van der Waals surface area contributed by atoms with E-state index >= 15 is 0 Å². The van der Waals surface area contributed by atoms with Gasteiger partial charge in [0.15, 0.2) is 0 Å². The molecule has 1 aliphatic rings. The van der Waals surface area contributed by atoms with Crippen LogP contribution < -0.4 is 0 Å². The Morgan fingerprint density at radius 1 is 0.621 bits per heavy atom. The Morgan fingerprint density at radius 3 is 1.69 bits per heavy atom. The third-order valence-electron chi connectivity index (χ3n) is 5.73. The van der Waals surface area contributed by atoms with E-state index in [0.29, 0.717) is 0 Å². The van der Waals surface area contributed by atoms with E-state index in [9.17, 15) is 0 Å². The van der Waals surface area contributed by atoms with Crippen molar-refractivity contribution in [1.82, 2.24) is 0 Å². The van der Waals surface area contributed by atoms with Crippen molar-refractivity contribution in [2.45, 2.75) is 33.1 Å². The van der Waals surface area contributed by atoms with Gasteiger partial charge in [0.1, 0.15) is 0 Å². The molecule has 0 heterocycles. The normalized spacial score (nSPS) is 14.7. The Balaban J connectivity index is 2.02. The van der Waals surface area contributed by atoms with Crippen molar-refractivity contribution in [3.8, 4) is 0 Å². The summed E-state index contributed by atoms with van der Waals surface area (Å²) in [5, 5.41) is 0. The second-order valence-corrected chi connectivity index (χ2v) is 7.72. The van der Waals surface area contributed by atoms with Gasteiger partial charge < -0.3 is 0 Å². The third kappa shape index (κ3) is 4.32. The smallest absolute Gasteiger partial charge is 0.00301 e. The molecular weight excluding hydrogens is 348 g/mol. The van der Waals surface area contributed by atoms with Crippen LogP contribution in [0.3, 0.4) is 0 Å². The van der Waals surface area contributed by atoms with Gasteiger partial charge in [0.25, 0.3) is 0 Å². The van der Waals surface area contributed by atoms with Gasteiger partial charge in [0.05, 0.1) is 0 Å². The van der Waals surface area contributed by atoms with Crippen LogP contribution in [0.15, 0.2) is 108 Å². The van der Waals surface area contributed by atoms with Crippen LogP contribution in [0.5, 0.6) is 0 Å². The van der Waals surface area contributed by atoms with Crippen LogP contribution in [0.1, 0.15) is 48.4 Å². The van der Waals surface area contributed by atoms with Crippen LogP contribution in [-0.4, -0.2) is 0 Å². The number of rotatable bonds is 5. The fourth-order valence-corrected chi connectivity index (χ4v) is 4.06. The first-order valence-electron chi connectivity index (χ1n) is 10.6. The van der Waals surface area contributed by atoms with Crippen molar-refractivity contribution in [3.05, 3.63) is 130 Å². The molecule has 0 aromatic heterocycles. The topological polar surface area (TPSA) is 0 Å². The Hall–Kier alpha value is -3.12. The molecule has 0 aliphatic heterocycles. The molecule has 1 aliphatic carbocycles. The van der Waals surface area contributed by atoms with Gasteiger partial charge in [-0.25, -0.2) is 0 Å². The van der Waals surface area contributed by atoms with Crippen LogP contribution in [0.4, 0.5) is 0 Å². The summed E-state index contributed by atoms with van der Waals surface area (Å²) in [6.07, 6.45) is 8.06. The number of hydrogen-bond donors (Lipinski definition) is 0. The highest BCUT2D eigenvalue weighted by atomic mass is 14.2. The van der Waals surface area contributed by atoms with Crippen LogP contribution in [-0.2, 0) is 0 Å². The molecule has 29 heavy (non-hydrogen) atoms. The molecule has 0 saturated heterocycles. The Bertz CT molecular complexity index is 1050. The Morgan fingerprint density at radius 2 is 1.17 bits per heavy atom. The molecule has 0 bridgehead atoms. The average molecular weight is 377 g/mol. The Kier molecular flexibility index (Phi) is 5.91. The maximum Gasteiger partial charge on any atom is -0.00301 e. The summed E-state index contributed by atoms with van der Waals surface area (Å²) < 4.78 is 0. The van der Waals surface area contributed by atoms with Crippen LogP contribution in [0.2, 0.25) is 0 Å². The van der Waals surface area contributed by atoms with Gasteiger partial charge >= 0.3 is 0 Å². The first-order valence-corrected chi connectivity index (χ1v) is 10.6. The SMILES string of the molecule is CCC1=CC=C(/C(=C(\c2ccccc2)c2ccc(C)cc2)c2ccccc2)CC1. The molecule has 3 aromatic rings. The predicted octanol–water partition coefficient (Wildman–Crippen LogP) is 8.01. The fraction of sp³-hybridized carbons (Fsp3) is 0.172. The molecule has 0 atom stereocenters. The lowest BCUT2D eigenvalue weighted by molar-refractivity contribution is 0.875. The minimum atomic E-state index is 1.09. The zero-order valence-corrected chi connectivity index (χ0v) is 17.4. The average Bonchev–Trinajstić information content (AvgIpc) is 2.79. The standard InChI is InChI=1S/C29H28/c1-3-23-16-20-27(21-17-23)29(25-12-8-5-9-13-25)28(24-10-6-4-7-11-24)26-18-14-22(2)15-19-26/h4-16,18-20H,3,17,21H2,1-2H3/b29-28+. The van der Waals surface area contributed by atoms with Crippen molar-refractivity contribution >= 4 is 11.1 Å². The molecule has 0 nitrogen and oxygen atoms in total. The third-order valence-corrected chi connectivity index (χ3v) is 5.73. The number of allylic oxidation sites excluding steroid dienone is 5. The van der Waals surface area contributed by atoms with Crippen molar-refractivity contribution in [2.24, 2.45) is 0 Å². The summed E-state index contributed by atoms with van der Waals surface area (Å²) in [4.78, 5) is 0. The molecule has 0 N–H and O–H groups in total. The molecule has 0 radical (unpaired) electrons. The van der Waals surface area contributed by atoms with Crippen LogP contribution in [0.25, 0.3) is 11.1 Å². The summed E-state index contributed by atoms with van der Waals surface area (Å²) in [6.45, 7) is 4.40. The largest absolute Gasteiger partial charge is 0.0701 e.